The number of hydrogen-bond acceptors (Lipinski definition) is 5. The Morgan fingerprint density at radius 2 is 1.94 bits per heavy atom. The van der Waals surface area contributed by atoms with Crippen LogP contribution in [-0.4, -0.2) is 48.3 Å². The van der Waals surface area contributed by atoms with E-state index in [1.807, 2.05) is 0 Å². The highest BCUT2D eigenvalue weighted by Crippen LogP contribution is 2.57. The second-order valence-electron chi connectivity index (χ2n) is 7.97. The number of fused-ring (bicyclic) bond motifs is 2. The van der Waals surface area contributed by atoms with Crippen LogP contribution in [0.2, 0.25) is 0 Å². The van der Waals surface area contributed by atoms with Crippen LogP contribution in [0, 0.1) is 12.3 Å². The summed E-state index contributed by atoms with van der Waals surface area (Å²) in [6, 6.07) is 5.17. The van der Waals surface area contributed by atoms with Crippen LogP contribution in [0.4, 0.5) is 27.9 Å². The minimum absolute atomic E-state index is 0.0872. The van der Waals surface area contributed by atoms with Crippen molar-refractivity contribution in [2.45, 2.75) is 38.9 Å². The Kier molecular flexibility index (Phi) is 4.57. The van der Waals surface area contributed by atoms with Gasteiger partial charge in [-0.1, -0.05) is 0 Å². The number of aryl methyl sites for hydroxylation is 1. The number of anilines is 1. The molecular weight excluding hydrogens is 433 g/mol. The molecule has 0 amide bonds. The standard InChI is InChI=1S/C20H18F5N7/c1-11-28-14-3-2-13(29-17(14)31(11)9-16(21)22)12-4-7-32-15(12)8-26-18(30-32)27-10-19(5-6-19)20(23,24)25/h2-4,7-8,16H,5-6,9-10H2,1H3,(H,27,30). The average Bonchev–Trinajstić information content (AvgIpc) is 3.34. The van der Waals surface area contributed by atoms with Gasteiger partial charge in [-0.3, -0.25) is 0 Å². The zero-order valence-electron chi connectivity index (χ0n) is 16.9. The van der Waals surface area contributed by atoms with E-state index in [9.17, 15) is 22.0 Å². The SMILES string of the molecule is Cc1nc2ccc(-c3ccn4nc(NCC5(C(F)(F)F)CC5)ncc34)nc2n1CC(F)F. The highest BCUT2D eigenvalue weighted by Gasteiger charge is 2.62. The lowest BCUT2D eigenvalue weighted by atomic mass is 10.1. The Hall–Kier alpha value is -3.31. The van der Waals surface area contributed by atoms with Crippen LogP contribution >= 0.6 is 0 Å². The lowest BCUT2D eigenvalue weighted by Gasteiger charge is -2.19. The second-order valence-corrected chi connectivity index (χ2v) is 7.97. The summed E-state index contributed by atoms with van der Waals surface area (Å²) < 4.78 is 68.1. The Bertz CT molecular complexity index is 1300. The highest BCUT2D eigenvalue weighted by molar-refractivity contribution is 5.82. The van der Waals surface area contributed by atoms with Crippen LogP contribution in [0.5, 0.6) is 0 Å². The number of nitrogens with zero attached hydrogens (tertiary/aromatic N) is 6. The summed E-state index contributed by atoms with van der Waals surface area (Å²) in [5.41, 5.74) is 0.920. The van der Waals surface area contributed by atoms with Gasteiger partial charge in [-0.25, -0.2) is 28.2 Å². The molecule has 0 atom stereocenters. The third-order valence-corrected chi connectivity index (χ3v) is 5.84. The molecule has 0 unspecified atom stereocenters. The van der Waals surface area contributed by atoms with Crippen LogP contribution < -0.4 is 5.32 Å². The van der Waals surface area contributed by atoms with Crippen molar-refractivity contribution >= 4 is 22.6 Å². The van der Waals surface area contributed by atoms with Gasteiger partial charge in [0, 0.05) is 18.3 Å². The maximum atomic E-state index is 13.1. The van der Waals surface area contributed by atoms with E-state index < -0.39 is 24.6 Å². The van der Waals surface area contributed by atoms with Crippen molar-refractivity contribution < 1.29 is 22.0 Å². The summed E-state index contributed by atoms with van der Waals surface area (Å²) in [7, 11) is 0. The lowest BCUT2D eigenvalue weighted by molar-refractivity contribution is -0.182. The van der Waals surface area contributed by atoms with Gasteiger partial charge in [0.1, 0.15) is 11.3 Å². The Morgan fingerprint density at radius 3 is 2.62 bits per heavy atom. The van der Waals surface area contributed by atoms with Gasteiger partial charge >= 0.3 is 6.18 Å². The quantitative estimate of drug-likeness (QED) is 0.438. The van der Waals surface area contributed by atoms with Crippen molar-refractivity contribution in [3.63, 3.8) is 0 Å². The van der Waals surface area contributed by atoms with Crippen LogP contribution in [0.15, 0.2) is 30.6 Å². The second kappa shape index (κ2) is 7.10. The number of halogens is 5. The molecule has 5 rings (SSSR count). The molecular formula is C20H18F5N7. The molecule has 0 spiro atoms. The first-order valence-electron chi connectivity index (χ1n) is 9.94. The minimum Gasteiger partial charge on any atom is -0.352 e. The summed E-state index contributed by atoms with van der Waals surface area (Å²) in [4.78, 5) is 12.9. The molecule has 12 heteroatoms. The Labute approximate surface area is 178 Å². The molecule has 0 aliphatic heterocycles. The number of imidazole rings is 1. The van der Waals surface area contributed by atoms with Gasteiger partial charge in [-0.15, -0.1) is 5.10 Å². The molecule has 4 aromatic rings. The van der Waals surface area contributed by atoms with E-state index in [4.69, 9.17) is 0 Å². The van der Waals surface area contributed by atoms with E-state index in [1.165, 1.54) is 15.3 Å². The summed E-state index contributed by atoms with van der Waals surface area (Å²) in [6.07, 6.45) is -3.49. The summed E-state index contributed by atoms with van der Waals surface area (Å²) in [5.74, 6) is 0.530. The molecule has 4 heterocycles. The number of rotatable bonds is 6. The van der Waals surface area contributed by atoms with Gasteiger partial charge < -0.3 is 9.88 Å². The molecule has 32 heavy (non-hydrogen) atoms. The molecule has 7 nitrogen and oxygen atoms in total. The predicted octanol–water partition coefficient (Wildman–Crippen LogP) is 4.47. The number of alkyl halides is 5. The van der Waals surface area contributed by atoms with Gasteiger partial charge in [0.25, 0.3) is 6.43 Å². The molecule has 0 saturated heterocycles. The van der Waals surface area contributed by atoms with Gasteiger partial charge in [-0.05, 0) is 38.0 Å². The van der Waals surface area contributed by atoms with Crippen molar-refractivity contribution in [3.05, 3.63) is 36.4 Å². The Morgan fingerprint density at radius 1 is 1.16 bits per heavy atom. The normalized spacial score (nSPS) is 15.7. The van der Waals surface area contributed by atoms with Crippen molar-refractivity contribution in [1.82, 2.24) is 29.1 Å². The first-order chi connectivity index (χ1) is 15.2. The van der Waals surface area contributed by atoms with E-state index in [0.29, 0.717) is 33.8 Å². The van der Waals surface area contributed by atoms with Crippen molar-refractivity contribution in [2.75, 3.05) is 11.9 Å². The molecule has 0 radical (unpaired) electrons. The number of hydrogen-bond donors (Lipinski definition) is 1. The largest absolute Gasteiger partial charge is 0.396 e. The minimum atomic E-state index is -4.26. The molecule has 1 fully saturated rings. The smallest absolute Gasteiger partial charge is 0.352 e. The predicted molar refractivity (Wildman–Crippen MR) is 106 cm³/mol. The van der Waals surface area contributed by atoms with E-state index in [2.05, 4.69) is 25.4 Å². The molecule has 0 aromatic carbocycles. The van der Waals surface area contributed by atoms with E-state index in [-0.39, 0.29) is 25.3 Å². The summed E-state index contributed by atoms with van der Waals surface area (Å²) in [5, 5.41) is 6.93. The number of pyridine rings is 1. The van der Waals surface area contributed by atoms with Crippen molar-refractivity contribution in [1.29, 1.82) is 0 Å². The lowest BCUT2D eigenvalue weighted by Crippen LogP contribution is -2.32. The first-order valence-corrected chi connectivity index (χ1v) is 9.94. The molecule has 4 aromatic heterocycles. The highest BCUT2D eigenvalue weighted by atomic mass is 19.4. The summed E-state index contributed by atoms with van der Waals surface area (Å²) in [6.45, 7) is 0.860. The monoisotopic (exact) mass is 451 g/mol. The van der Waals surface area contributed by atoms with Crippen LogP contribution in [0.1, 0.15) is 18.7 Å². The van der Waals surface area contributed by atoms with Gasteiger partial charge in [0.2, 0.25) is 5.95 Å². The van der Waals surface area contributed by atoms with Crippen molar-refractivity contribution in [2.24, 2.45) is 5.41 Å². The number of aromatic nitrogens is 6. The van der Waals surface area contributed by atoms with Crippen LogP contribution in [0.3, 0.4) is 0 Å². The topological polar surface area (TPSA) is 72.9 Å². The molecule has 1 aliphatic rings. The van der Waals surface area contributed by atoms with E-state index in [1.54, 1.807) is 31.3 Å². The molecule has 0 bridgehead atoms. The fraction of sp³-hybridized carbons (Fsp3) is 0.400. The third kappa shape index (κ3) is 3.43. The number of nitrogens with one attached hydrogen (secondary N) is 1. The third-order valence-electron chi connectivity index (χ3n) is 5.84. The molecule has 168 valence electrons. The maximum absolute atomic E-state index is 13.1. The summed E-state index contributed by atoms with van der Waals surface area (Å²) >= 11 is 0. The maximum Gasteiger partial charge on any atom is 0.396 e. The average molecular weight is 451 g/mol. The molecule has 1 N–H and O–H groups in total. The molecule has 1 saturated carbocycles. The fourth-order valence-electron chi connectivity index (χ4n) is 3.78. The zero-order chi connectivity index (χ0) is 22.7. The van der Waals surface area contributed by atoms with Crippen molar-refractivity contribution in [3.8, 4) is 11.3 Å². The van der Waals surface area contributed by atoms with E-state index in [0.717, 1.165) is 0 Å². The Balaban J connectivity index is 1.44. The van der Waals surface area contributed by atoms with Gasteiger partial charge in [0.15, 0.2) is 5.65 Å². The van der Waals surface area contributed by atoms with Gasteiger partial charge in [-0.2, -0.15) is 13.2 Å². The van der Waals surface area contributed by atoms with Crippen LogP contribution in [0.25, 0.3) is 27.9 Å². The van der Waals surface area contributed by atoms with Gasteiger partial charge in [0.05, 0.1) is 29.4 Å². The molecule has 1 aliphatic carbocycles. The first kappa shape index (κ1) is 20.6. The van der Waals surface area contributed by atoms with Crippen LogP contribution in [-0.2, 0) is 6.54 Å². The fourth-order valence-corrected chi connectivity index (χ4v) is 3.78. The van der Waals surface area contributed by atoms with E-state index >= 15 is 0 Å². The zero-order valence-corrected chi connectivity index (χ0v) is 16.9.